The van der Waals surface area contributed by atoms with Crippen molar-refractivity contribution in [1.29, 1.82) is 0 Å². The van der Waals surface area contributed by atoms with Crippen LogP contribution in [0.15, 0.2) is 42.5 Å². The van der Waals surface area contributed by atoms with E-state index in [1.807, 2.05) is 49.2 Å². The van der Waals surface area contributed by atoms with E-state index < -0.39 is 0 Å². The number of amides is 2. The largest absolute Gasteiger partial charge is 0.354 e. The Hall–Kier alpha value is -2.82. The van der Waals surface area contributed by atoms with E-state index in [9.17, 15) is 9.59 Å². The standard InChI is InChI=1S/C21H23N3O2/c1-14-7-3-4-8-17(14)22-20(25)15-10-11-16-18(13-15)23(2)19-9-5-6-12-24(19)21(16)26/h3-4,7-8,10-11,13,19H,5-6,9,12H2,1-2H3,(H,22,25)/t19-/m0/s1. The highest BCUT2D eigenvalue weighted by Gasteiger charge is 2.37. The maximum atomic E-state index is 12.8. The lowest BCUT2D eigenvalue weighted by Gasteiger charge is -2.46. The first kappa shape index (κ1) is 16.6. The molecule has 5 nitrogen and oxygen atoms in total. The molecule has 2 aliphatic rings. The number of piperidine rings is 1. The lowest BCUT2D eigenvalue weighted by atomic mass is 9.97. The van der Waals surface area contributed by atoms with Crippen LogP contribution >= 0.6 is 0 Å². The van der Waals surface area contributed by atoms with E-state index >= 15 is 0 Å². The Balaban J connectivity index is 1.65. The predicted octanol–water partition coefficient (Wildman–Crippen LogP) is 3.65. The summed E-state index contributed by atoms with van der Waals surface area (Å²) in [5.74, 6) is -0.0808. The van der Waals surface area contributed by atoms with Gasteiger partial charge in [0.1, 0.15) is 6.17 Å². The van der Waals surface area contributed by atoms with Crippen molar-refractivity contribution in [2.45, 2.75) is 32.4 Å². The minimum Gasteiger partial charge on any atom is -0.354 e. The van der Waals surface area contributed by atoms with Gasteiger partial charge in [0.25, 0.3) is 11.8 Å². The summed E-state index contributed by atoms with van der Waals surface area (Å²) in [7, 11) is 2.01. The fraction of sp³-hybridized carbons (Fsp3) is 0.333. The molecule has 2 aromatic carbocycles. The highest BCUT2D eigenvalue weighted by atomic mass is 16.2. The summed E-state index contributed by atoms with van der Waals surface area (Å²) >= 11 is 0. The van der Waals surface area contributed by atoms with Crippen LogP contribution in [0.5, 0.6) is 0 Å². The monoisotopic (exact) mass is 349 g/mol. The van der Waals surface area contributed by atoms with Gasteiger partial charge in [0.05, 0.1) is 11.3 Å². The zero-order chi connectivity index (χ0) is 18.3. The molecule has 0 saturated carbocycles. The molecule has 0 unspecified atom stereocenters. The first-order valence-corrected chi connectivity index (χ1v) is 9.11. The van der Waals surface area contributed by atoms with E-state index in [-0.39, 0.29) is 18.0 Å². The number of hydrogen-bond acceptors (Lipinski definition) is 3. The van der Waals surface area contributed by atoms with E-state index in [1.54, 1.807) is 12.1 Å². The maximum absolute atomic E-state index is 12.8. The van der Waals surface area contributed by atoms with Crippen molar-refractivity contribution >= 4 is 23.2 Å². The number of anilines is 2. The number of rotatable bonds is 2. The van der Waals surface area contributed by atoms with Crippen LogP contribution in [0.25, 0.3) is 0 Å². The van der Waals surface area contributed by atoms with Gasteiger partial charge in [-0.2, -0.15) is 0 Å². The Kier molecular flexibility index (Phi) is 4.15. The molecule has 2 aromatic rings. The molecular weight excluding hydrogens is 326 g/mol. The van der Waals surface area contributed by atoms with Gasteiger partial charge in [0.2, 0.25) is 0 Å². The van der Waals surface area contributed by atoms with E-state index in [0.717, 1.165) is 42.7 Å². The Bertz CT molecular complexity index is 877. The summed E-state index contributed by atoms with van der Waals surface area (Å²) < 4.78 is 0. The van der Waals surface area contributed by atoms with E-state index in [4.69, 9.17) is 0 Å². The lowest BCUT2D eigenvalue weighted by molar-refractivity contribution is 0.0589. The summed E-state index contributed by atoms with van der Waals surface area (Å²) in [6, 6.07) is 13.1. The molecule has 2 amide bonds. The van der Waals surface area contributed by atoms with Gasteiger partial charge in [-0.3, -0.25) is 9.59 Å². The van der Waals surface area contributed by atoms with E-state index in [1.165, 1.54) is 0 Å². The average molecular weight is 349 g/mol. The van der Waals surface area contributed by atoms with E-state index in [2.05, 4.69) is 10.2 Å². The fourth-order valence-corrected chi connectivity index (χ4v) is 3.92. The molecule has 1 saturated heterocycles. The molecule has 4 rings (SSSR count). The number of hydrogen-bond donors (Lipinski definition) is 1. The van der Waals surface area contributed by atoms with Crippen LogP contribution in [0.2, 0.25) is 0 Å². The van der Waals surface area contributed by atoms with Crippen molar-refractivity contribution in [3.63, 3.8) is 0 Å². The van der Waals surface area contributed by atoms with Crippen LogP contribution in [-0.4, -0.2) is 36.5 Å². The summed E-state index contributed by atoms with van der Waals surface area (Å²) in [5.41, 5.74) is 3.91. The molecule has 2 heterocycles. The van der Waals surface area contributed by atoms with Crippen LogP contribution in [0, 0.1) is 6.92 Å². The number of para-hydroxylation sites is 1. The van der Waals surface area contributed by atoms with E-state index in [0.29, 0.717) is 11.1 Å². The SMILES string of the molecule is Cc1ccccc1NC(=O)c1ccc2c(c1)N(C)[C@@H]1CCCCN1C2=O. The number of aryl methyl sites for hydroxylation is 1. The van der Waals surface area contributed by atoms with Gasteiger partial charge in [0.15, 0.2) is 0 Å². The minimum atomic E-state index is -0.158. The Morgan fingerprint density at radius 2 is 1.96 bits per heavy atom. The van der Waals surface area contributed by atoms with Gasteiger partial charge < -0.3 is 15.1 Å². The molecule has 1 fully saturated rings. The molecule has 0 bridgehead atoms. The molecule has 134 valence electrons. The third-order valence-corrected chi connectivity index (χ3v) is 5.44. The van der Waals surface area contributed by atoms with Crippen molar-refractivity contribution in [3.8, 4) is 0 Å². The first-order valence-electron chi connectivity index (χ1n) is 9.11. The normalized spacial score (nSPS) is 19.0. The predicted molar refractivity (Wildman–Crippen MR) is 103 cm³/mol. The van der Waals surface area contributed by atoms with Crippen LogP contribution in [0.1, 0.15) is 45.5 Å². The smallest absolute Gasteiger partial charge is 0.257 e. The van der Waals surface area contributed by atoms with Crippen molar-refractivity contribution in [2.24, 2.45) is 0 Å². The van der Waals surface area contributed by atoms with Gasteiger partial charge in [-0.1, -0.05) is 18.2 Å². The van der Waals surface area contributed by atoms with Crippen molar-refractivity contribution in [3.05, 3.63) is 59.2 Å². The molecule has 0 spiro atoms. The zero-order valence-corrected chi connectivity index (χ0v) is 15.2. The molecule has 1 N–H and O–H groups in total. The first-order chi connectivity index (χ1) is 12.6. The van der Waals surface area contributed by atoms with Gasteiger partial charge in [-0.15, -0.1) is 0 Å². The maximum Gasteiger partial charge on any atom is 0.257 e. The number of carbonyl (C=O) groups is 2. The molecule has 2 aliphatic heterocycles. The average Bonchev–Trinajstić information content (AvgIpc) is 2.67. The highest BCUT2D eigenvalue weighted by Crippen LogP contribution is 2.35. The zero-order valence-electron chi connectivity index (χ0n) is 15.2. The highest BCUT2D eigenvalue weighted by molar-refractivity contribution is 6.08. The number of carbonyl (C=O) groups excluding carboxylic acids is 2. The van der Waals surface area contributed by atoms with Gasteiger partial charge in [-0.05, 0) is 56.0 Å². The molecule has 0 radical (unpaired) electrons. The molecular formula is C21H23N3O2. The van der Waals surface area contributed by atoms with Crippen LogP contribution < -0.4 is 10.2 Å². The number of nitrogens with zero attached hydrogens (tertiary/aromatic N) is 2. The molecule has 26 heavy (non-hydrogen) atoms. The summed E-state index contributed by atoms with van der Waals surface area (Å²) in [6.45, 7) is 2.77. The summed E-state index contributed by atoms with van der Waals surface area (Å²) in [4.78, 5) is 29.6. The molecule has 0 aliphatic carbocycles. The van der Waals surface area contributed by atoms with Crippen molar-refractivity contribution in [2.75, 3.05) is 23.8 Å². The Morgan fingerprint density at radius 1 is 1.15 bits per heavy atom. The fourth-order valence-electron chi connectivity index (χ4n) is 3.92. The number of benzene rings is 2. The van der Waals surface area contributed by atoms with Crippen LogP contribution in [0.3, 0.4) is 0 Å². The van der Waals surface area contributed by atoms with Gasteiger partial charge in [-0.25, -0.2) is 0 Å². The number of fused-ring (bicyclic) bond motifs is 2. The molecule has 1 atom stereocenters. The minimum absolute atomic E-state index is 0.0775. The molecule has 5 heteroatoms. The lowest BCUT2D eigenvalue weighted by Crippen LogP contribution is -2.55. The topological polar surface area (TPSA) is 52.7 Å². The van der Waals surface area contributed by atoms with Crippen LogP contribution in [-0.2, 0) is 0 Å². The second kappa shape index (κ2) is 6.48. The van der Waals surface area contributed by atoms with Crippen molar-refractivity contribution < 1.29 is 9.59 Å². The van der Waals surface area contributed by atoms with Gasteiger partial charge in [0, 0.05) is 24.8 Å². The third kappa shape index (κ3) is 2.73. The second-order valence-electron chi connectivity index (χ2n) is 7.09. The van der Waals surface area contributed by atoms with Crippen LogP contribution in [0.4, 0.5) is 11.4 Å². The molecule has 0 aromatic heterocycles. The number of nitrogens with one attached hydrogen (secondary N) is 1. The Morgan fingerprint density at radius 3 is 2.77 bits per heavy atom. The third-order valence-electron chi connectivity index (χ3n) is 5.44. The summed E-state index contributed by atoms with van der Waals surface area (Å²) in [6.07, 6.45) is 3.25. The quantitative estimate of drug-likeness (QED) is 0.900. The Labute approximate surface area is 153 Å². The van der Waals surface area contributed by atoms with Crippen molar-refractivity contribution in [1.82, 2.24) is 4.90 Å². The van der Waals surface area contributed by atoms with Gasteiger partial charge >= 0.3 is 0 Å². The summed E-state index contributed by atoms with van der Waals surface area (Å²) in [5, 5.41) is 2.96. The second-order valence-corrected chi connectivity index (χ2v) is 7.09.